The molecule has 0 bridgehead atoms. The summed E-state index contributed by atoms with van der Waals surface area (Å²) in [5.74, 6) is 0.01000. The second kappa shape index (κ2) is 8.49. The van der Waals surface area contributed by atoms with Crippen molar-refractivity contribution in [3.05, 3.63) is 83.3 Å². The lowest BCUT2D eigenvalue weighted by Gasteiger charge is -2.07. The molecule has 5 heteroatoms. The molecule has 0 saturated heterocycles. The highest BCUT2D eigenvalue weighted by Crippen LogP contribution is 2.31. The molecule has 2 aromatic carbocycles. The number of carbonyl (C=O) groups is 1. The van der Waals surface area contributed by atoms with Crippen molar-refractivity contribution in [3.63, 3.8) is 0 Å². The number of carbonyl (C=O) groups excluding carboxylic acids is 1. The zero-order chi connectivity index (χ0) is 21.1. The van der Waals surface area contributed by atoms with Crippen molar-refractivity contribution in [2.75, 3.05) is 0 Å². The van der Waals surface area contributed by atoms with Crippen molar-refractivity contribution < 1.29 is 13.9 Å². The van der Waals surface area contributed by atoms with Gasteiger partial charge in [0.2, 0.25) is 0 Å². The number of aromatic nitrogens is 2. The highest BCUT2D eigenvalue weighted by atomic mass is 19.1. The molecule has 4 aromatic rings. The fourth-order valence-corrected chi connectivity index (χ4v) is 3.79. The molecule has 30 heavy (non-hydrogen) atoms. The van der Waals surface area contributed by atoms with Crippen molar-refractivity contribution in [2.24, 2.45) is 0 Å². The molecule has 1 N–H and O–H groups in total. The molecule has 0 aliphatic rings. The van der Waals surface area contributed by atoms with Gasteiger partial charge in [0.05, 0.1) is 11.4 Å². The van der Waals surface area contributed by atoms with Crippen molar-refractivity contribution in [1.29, 1.82) is 0 Å². The SMILES string of the molecule is Cc1cc(C)cc(OC(=O)CCCc2c(-c3ccccn3)[nH]c3ccc(F)cc23)c1. The number of benzene rings is 2. The number of H-pyrrole nitrogens is 1. The van der Waals surface area contributed by atoms with E-state index < -0.39 is 0 Å². The maximum absolute atomic E-state index is 13.9. The molecule has 4 rings (SSSR count). The van der Waals surface area contributed by atoms with Crippen LogP contribution < -0.4 is 4.74 Å². The topological polar surface area (TPSA) is 55.0 Å². The van der Waals surface area contributed by atoms with E-state index in [-0.39, 0.29) is 18.2 Å². The van der Waals surface area contributed by atoms with Crippen LogP contribution in [0.15, 0.2) is 60.8 Å². The largest absolute Gasteiger partial charge is 0.427 e. The molecule has 0 atom stereocenters. The highest BCUT2D eigenvalue weighted by Gasteiger charge is 2.15. The minimum atomic E-state index is -0.287. The predicted molar refractivity (Wildman–Crippen MR) is 116 cm³/mol. The second-order valence-electron chi connectivity index (χ2n) is 7.53. The number of pyridine rings is 1. The van der Waals surface area contributed by atoms with Gasteiger partial charge >= 0.3 is 5.97 Å². The Morgan fingerprint density at radius 1 is 1.07 bits per heavy atom. The smallest absolute Gasteiger partial charge is 0.311 e. The Morgan fingerprint density at radius 3 is 2.60 bits per heavy atom. The van der Waals surface area contributed by atoms with Gasteiger partial charge in [-0.15, -0.1) is 0 Å². The van der Waals surface area contributed by atoms with Gasteiger partial charge in [0, 0.05) is 23.5 Å². The van der Waals surface area contributed by atoms with E-state index in [9.17, 15) is 9.18 Å². The Labute approximate surface area is 174 Å². The maximum atomic E-state index is 13.9. The number of hydrogen-bond donors (Lipinski definition) is 1. The van der Waals surface area contributed by atoms with Crippen molar-refractivity contribution in [3.8, 4) is 17.1 Å². The number of halogens is 1. The number of fused-ring (bicyclic) bond motifs is 1. The first-order valence-electron chi connectivity index (χ1n) is 10.00. The minimum absolute atomic E-state index is 0.273. The third-order valence-corrected chi connectivity index (χ3v) is 5.02. The van der Waals surface area contributed by atoms with Crippen molar-refractivity contribution >= 4 is 16.9 Å². The predicted octanol–water partition coefficient (Wildman–Crippen LogP) is 5.91. The van der Waals surface area contributed by atoms with Crippen LogP contribution in [0.3, 0.4) is 0 Å². The molecule has 0 unspecified atom stereocenters. The third-order valence-electron chi connectivity index (χ3n) is 5.02. The third kappa shape index (κ3) is 4.40. The van der Waals surface area contributed by atoms with Crippen LogP contribution in [0, 0.1) is 19.7 Å². The van der Waals surface area contributed by atoms with Gasteiger partial charge in [0.15, 0.2) is 0 Å². The average molecular weight is 402 g/mol. The van der Waals surface area contributed by atoms with E-state index in [1.54, 1.807) is 12.3 Å². The quantitative estimate of drug-likeness (QED) is 0.322. The number of ether oxygens (including phenoxy) is 1. The molecule has 0 aliphatic carbocycles. The fourth-order valence-electron chi connectivity index (χ4n) is 3.79. The van der Waals surface area contributed by atoms with Gasteiger partial charge in [-0.25, -0.2) is 4.39 Å². The number of hydrogen-bond acceptors (Lipinski definition) is 3. The van der Waals surface area contributed by atoms with E-state index >= 15 is 0 Å². The standard InChI is InChI=1S/C25H23FN2O2/c1-16-12-17(2)14-19(13-16)30-24(29)8-5-6-20-21-15-18(26)9-10-22(21)28-25(20)23-7-3-4-11-27-23/h3-4,7,9-15,28H,5-6,8H2,1-2H3. The Morgan fingerprint density at radius 2 is 1.87 bits per heavy atom. The molecule has 0 fully saturated rings. The zero-order valence-electron chi connectivity index (χ0n) is 17.0. The summed E-state index contributed by atoms with van der Waals surface area (Å²) in [4.78, 5) is 20.1. The summed E-state index contributed by atoms with van der Waals surface area (Å²) in [6.07, 6.45) is 3.20. The van der Waals surface area contributed by atoms with E-state index in [2.05, 4.69) is 9.97 Å². The molecule has 152 valence electrons. The van der Waals surface area contributed by atoms with Crippen LogP contribution in [0.4, 0.5) is 4.39 Å². The van der Waals surface area contributed by atoms with E-state index in [0.717, 1.165) is 39.0 Å². The van der Waals surface area contributed by atoms with E-state index in [4.69, 9.17) is 4.74 Å². The summed E-state index contributed by atoms with van der Waals surface area (Å²) in [6, 6.07) is 16.1. The number of esters is 1. The van der Waals surface area contributed by atoms with Gasteiger partial charge in [-0.3, -0.25) is 9.78 Å². The summed E-state index contributed by atoms with van der Waals surface area (Å²) in [5.41, 5.74) is 5.57. The first-order valence-corrected chi connectivity index (χ1v) is 10.00. The summed E-state index contributed by atoms with van der Waals surface area (Å²) in [7, 11) is 0. The summed E-state index contributed by atoms with van der Waals surface area (Å²) >= 11 is 0. The Balaban J connectivity index is 1.52. The number of aromatic amines is 1. The monoisotopic (exact) mass is 402 g/mol. The van der Waals surface area contributed by atoms with Crippen LogP contribution >= 0.6 is 0 Å². The second-order valence-corrected chi connectivity index (χ2v) is 7.53. The van der Waals surface area contributed by atoms with Crippen LogP contribution in [0.25, 0.3) is 22.3 Å². The Hall–Kier alpha value is -3.47. The van der Waals surface area contributed by atoms with Crippen LogP contribution in [0.5, 0.6) is 5.75 Å². The van der Waals surface area contributed by atoms with Gasteiger partial charge in [-0.05, 0) is 85.8 Å². The van der Waals surface area contributed by atoms with E-state index in [1.165, 1.54) is 12.1 Å². The normalized spacial score (nSPS) is 11.0. The fraction of sp³-hybridized carbons (Fsp3) is 0.200. The minimum Gasteiger partial charge on any atom is -0.427 e. The van der Waals surface area contributed by atoms with Gasteiger partial charge in [0.25, 0.3) is 0 Å². The van der Waals surface area contributed by atoms with Crippen molar-refractivity contribution in [2.45, 2.75) is 33.1 Å². The number of nitrogens with zero attached hydrogens (tertiary/aromatic N) is 1. The summed E-state index contributed by atoms with van der Waals surface area (Å²) in [6.45, 7) is 3.94. The summed E-state index contributed by atoms with van der Waals surface area (Å²) in [5, 5.41) is 0.818. The molecular formula is C25H23FN2O2. The molecule has 0 amide bonds. The zero-order valence-corrected chi connectivity index (χ0v) is 17.0. The molecule has 0 radical (unpaired) electrons. The molecule has 2 aromatic heterocycles. The first-order chi connectivity index (χ1) is 14.5. The van der Waals surface area contributed by atoms with E-state index in [1.807, 2.05) is 50.2 Å². The number of nitrogens with one attached hydrogen (secondary N) is 1. The lowest BCUT2D eigenvalue weighted by Crippen LogP contribution is -2.08. The van der Waals surface area contributed by atoms with Crippen LogP contribution in [-0.4, -0.2) is 15.9 Å². The molecular weight excluding hydrogens is 379 g/mol. The molecule has 0 saturated carbocycles. The van der Waals surface area contributed by atoms with Crippen LogP contribution in [-0.2, 0) is 11.2 Å². The van der Waals surface area contributed by atoms with E-state index in [0.29, 0.717) is 18.6 Å². The van der Waals surface area contributed by atoms with Crippen LogP contribution in [0.1, 0.15) is 29.5 Å². The summed E-state index contributed by atoms with van der Waals surface area (Å²) < 4.78 is 19.4. The molecule has 0 aliphatic heterocycles. The van der Waals surface area contributed by atoms with Gasteiger partial charge in [0.1, 0.15) is 11.6 Å². The Kier molecular flexibility index (Phi) is 5.61. The molecule has 2 heterocycles. The maximum Gasteiger partial charge on any atom is 0.311 e. The van der Waals surface area contributed by atoms with Crippen LogP contribution in [0.2, 0.25) is 0 Å². The first kappa shape index (κ1) is 19.8. The van der Waals surface area contributed by atoms with Gasteiger partial charge < -0.3 is 9.72 Å². The van der Waals surface area contributed by atoms with Gasteiger partial charge in [-0.1, -0.05) is 12.1 Å². The van der Waals surface area contributed by atoms with Gasteiger partial charge in [-0.2, -0.15) is 0 Å². The highest BCUT2D eigenvalue weighted by molar-refractivity contribution is 5.90. The average Bonchev–Trinajstić information content (AvgIpc) is 3.06. The number of rotatable bonds is 6. The Bertz CT molecular complexity index is 1180. The lowest BCUT2D eigenvalue weighted by atomic mass is 10.0. The number of aryl methyl sites for hydroxylation is 3. The molecule has 4 nitrogen and oxygen atoms in total. The lowest BCUT2D eigenvalue weighted by molar-refractivity contribution is -0.134. The van der Waals surface area contributed by atoms with Crippen molar-refractivity contribution in [1.82, 2.24) is 9.97 Å². The molecule has 0 spiro atoms.